The van der Waals surface area contributed by atoms with Gasteiger partial charge in [-0.2, -0.15) is 0 Å². The van der Waals surface area contributed by atoms with Crippen molar-refractivity contribution >= 4 is 20.2 Å². The molecule has 1 aliphatic heterocycles. The SMILES string of the molecule is C1CCC2NCCNC3CCCCC3NCCNCCNC2C1.[Cl][Fe][Cl]. The molecule has 2 aliphatic carbocycles. The molecule has 0 amide bonds. The van der Waals surface area contributed by atoms with Crippen LogP contribution in [0.2, 0.25) is 0 Å². The zero-order chi connectivity index (χ0) is 18.5. The van der Waals surface area contributed by atoms with Crippen LogP contribution in [0.15, 0.2) is 0 Å². The summed E-state index contributed by atoms with van der Waals surface area (Å²) in [6, 6.07) is 2.65. The fourth-order valence-electron chi connectivity index (χ4n) is 4.57. The van der Waals surface area contributed by atoms with Crippen LogP contribution in [0.3, 0.4) is 0 Å². The molecule has 26 heavy (non-hydrogen) atoms. The van der Waals surface area contributed by atoms with E-state index in [0.717, 1.165) is 39.3 Å². The summed E-state index contributed by atoms with van der Waals surface area (Å²) in [5.74, 6) is 0. The van der Waals surface area contributed by atoms with Crippen molar-refractivity contribution in [3.05, 3.63) is 0 Å². The normalized spacial score (nSPS) is 35.0. The van der Waals surface area contributed by atoms with Crippen molar-refractivity contribution < 1.29 is 13.1 Å². The van der Waals surface area contributed by atoms with Crippen LogP contribution < -0.4 is 26.6 Å². The molecule has 5 nitrogen and oxygen atoms in total. The van der Waals surface area contributed by atoms with Gasteiger partial charge in [0.2, 0.25) is 0 Å². The zero-order valence-corrected chi connectivity index (χ0v) is 18.4. The van der Waals surface area contributed by atoms with Gasteiger partial charge in [0.05, 0.1) is 0 Å². The van der Waals surface area contributed by atoms with Gasteiger partial charge in [-0.3, -0.25) is 0 Å². The van der Waals surface area contributed by atoms with E-state index in [1.807, 2.05) is 0 Å². The summed E-state index contributed by atoms with van der Waals surface area (Å²) in [6.07, 6.45) is 10.9. The van der Waals surface area contributed by atoms with Crippen LogP contribution in [0.25, 0.3) is 0 Å². The third-order valence-electron chi connectivity index (χ3n) is 5.89. The quantitative estimate of drug-likeness (QED) is 0.366. The molecule has 3 rings (SSSR count). The Morgan fingerprint density at radius 2 is 0.769 bits per heavy atom. The van der Waals surface area contributed by atoms with E-state index in [-0.39, 0.29) is 13.1 Å². The van der Waals surface area contributed by atoms with Crippen LogP contribution >= 0.6 is 20.2 Å². The van der Waals surface area contributed by atoms with E-state index in [2.05, 4.69) is 26.6 Å². The maximum atomic E-state index is 4.76. The van der Waals surface area contributed by atoms with Gasteiger partial charge in [0.15, 0.2) is 0 Å². The van der Waals surface area contributed by atoms with E-state index in [9.17, 15) is 0 Å². The first-order chi connectivity index (χ1) is 12.8. The summed E-state index contributed by atoms with van der Waals surface area (Å²) < 4.78 is 0. The second-order valence-corrected chi connectivity index (χ2v) is 9.44. The molecule has 0 aromatic carbocycles. The van der Waals surface area contributed by atoms with Crippen LogP contribution in [0.5, 0.6) is 0 Å². The second kappa shape index (κ2) is 14.8. The minimum absolute atomic E-state index is 0.194. The molecule has 5 N–H and O–H groups in total. The van der Waals surface area contributed by atoms with E-state index in [0.29, 0.717) is 24.2 Å². The molecule has 8 heteroatoms. The third-order valence-corrected chi connectivity index (χ3v) is 5.89. The predicted molar refractivity (Wildman–Crippen MR) is 109 cm³/mol. The predicted octanol–water partition coefficient (Wildman–Crippen LogP) is 1.95. The molecule has 1 saturated heterocycles. The summed E-state index contributed by atoms with van der Waals surface area (Å²) in [4.78, 5) is 0. The van der Waals surface area contributed by atoms with Gasteiger partial charge in [-0.1, -0.05) is 25.7 Å². The van der Waals surface area contributed by atoms with Gasteiger partial charge in [-0.15, -0.1) is 0 Å². The Morgan fingerprint density at radius 3 is 1.08 bits per heavy atom. The number of nitrogens with one attached hydrogen (secondary N) is 5. The van der Waals surface area contributed by atoms with Crippen LogP contribution in [0.4, 0.5) is 0 Å². The van der Waals surface area contributed by atoms with Crippen molar-refractivity contribution in [3.63, 3.8) is 0 Å². The molecule has 1 heterocycles. The van der Waals surface area contributed by atoms with Crippen molar-refractivity contribution in [2.45, 2.75) is 75.5 Å². The van der Waals surface area contributed by atoms with Crippen LogP contribution in [0.1, 0.15) is 51.4 Å². The maximum absolute atomic E-state index is 4.76. The van der Waals surface area contributed by atoms with E-state index < -0.39 is 0 Å². The summed E-state index contributed by atoms with van der Waals surface area (Å²) in [7, 11) is 9.53. The molecule has 0 radical (unpaired) electrons. The van der Waals surface area contributed by atoms with Gasteiger partial charge in [0.1, 0.15) is 0 Å². The topological polar surface area (TPSA) is 60.1 Å². The first-order valence-electron chi connectivity index (χ1n) is 10.3. The van der Waals surface area contributed by atoms with Crippen LogP contribution in [0, 0.1) is 0 Å². The monoisotopic (exact) mass is 449 g/mol. The summed E-state index contributed by atoms with van der Waals surface area (Å²) in [5.41, 5.74) is 0. The molecule has 0 aromatic rings. The fourth-order valence-corrected chi connectivity index (χ4v) is 4.57. The second-order valence-electron chi connectivity index (χ2n) is 7.61. The molecule has 3 aliphatic rings. The van der Waals surface area contributed by atoms with Gasteiger partial charge in [-0.25, -0.2) is 0 Å². The number of hydrogen-bond donors (Lipinski definition) is 5. The Labute approximate surface area is 174 Å². The van der Waals surface area contributed by atoms with E-state index in [1.54, 1.807) is 0 Å². The molecule has 156 valence electrons. The fraction of sp³-hybridized carbons (Fsp3) is 1.00. The van der Waals surface area contributed by atoms with Crippen LogP contribution in [-0.2, 0) is 13.1 Å². The van der Waals surface area contributed by atoms with E-state index in [4.69, 9.17) is 20.2 Å². The molecule has 4 unspecified atom stereocenters. The molecule has 0 bridgehead atoms. The standard InChI is InChI=1S/C18H37N5.2ClH.Fe/c1-3-7-17-15(5-1)20-11-9-19-10-12-21-16-6-2-4-8-18(16)23-14-13-22-17;;;/h15-23H,1-14H2;2*1H;/q;;;+2/p-2. The molecule has 0 aromatic heterocycles. The zero-order valence-electron chi connectivity index (χ0n) is 15.8. The van der Waals surface area contributed by atoms with Crippen molar-refractivity contribution in [2.24, 2.45) is 0 Å². The van der Waals surface area contributed by atoms with E-state index >= 15 is 0 Å². The minimum atomic E-state index is 0.194. The Bertz CT molecular complexity index is 324. The van der Waals surface area contributed by atoms with Gasteiger partial charge < -0.3 is 26.6 Å². The number of halogens is 2. The first-order valence-corrected chi connectivity index (χ1v) is 13.4. The van der Waals surface area contributed by atoms with Gasteiger partial charge in [0.25, 0.3) is 0 Å². The molecule has 2 saturated carbocycles. The van der Waals surface area contributed by atoms with Gasteiger partial charge >= 0.3 is 33.3 Å². The number of hydrogen-bond acceptors (Lipinski definition) is 5. The Morgan fingerprint density at radius 1 is 0.500 bits per heavy atom. The van der Waals surface area contributed by atoms with Crippen LogP contribution in [-0.4, -0.2) is 63.4 Å². The average Bonchev–Trinajstić information content (AvgIpc) is 2.67. The Hall–Kier alpha value is 0.899. The molecule has 3 fully saturated rings. The van der Waals surface area contributed by atoms with Crippen molar-refractivity contribution in [2.75, 3.05) is 39.3 Å². The summed E-state index contributed by atoms with van der Waals surface area (Å²) in [6.45, 7) is 6.55. The third kappa shape index (κ3) is 8.93. The summed E-state index contributed by atoms with van der Waals surface area (Å²) >= 11 is 0.194. The molecular formula is C18H37Cl2FeN5. The van der Waals surface area contributed by atoms with Gasteiger partial charge in [0, 0.05) is 63.4 Å². The van der Waals surface area contributed by atoms with E-state index in [1.165, 1.54) is 51.4 Å². The Balaban J connectivity index is 0.000000758. The van der Waals surface area contributed by atoms with Gasteiger partial charge in [-0.05, 0) is 25.7 Å². The Kier molecular flexibility index (Phi) is 13.2. The van der Waals surface area contributed by atoms with Crippen molar-refractivity contribution in [3.8, 4) is 0 Å². The van der Waals surface area contributed by atoms with Crippen molar-refractivity contribution in [1.82, 2.24) is 26.6 Å². The molecular weight excluding hydrogens is 413 g/mol. The first kappa shape index (κ1) is 23.2. The average molecular weight is 450 g/mol. The van der Waals surface area contributed by atoms with Crippen molar-refractivity contribution in [1.29, 1.82) is 0 Å². The molecule has 0 spiro atoms. The molecule has 4 atom stereocenters. The summed E-state index contributed by atoms with van der Waals surface area (Å²) in [5, 5.41) is 18.8. The number of fused-ring (bicyclic) bond motifs is 2. The number of rotatable bonds is 0.